The van der Waals surface area contributed by atoms with Crippen LogP contribution in [0.1, 0.15) is 102 Å². The molecule has 2 unspecified atom stereocenters. The second kappa shape index (κ2) is 20.6. The van der Waals surface area contributed by atoms with E-state index in [1.807, 2.05) is 25.1 Å². The molecule has 3 atom stereocenters. The van der Waals surface area contributed by atoms with Crippen LogP contribution in [0.15, 0.2) is 40.9 Å². The second-order valence-corrected chi connectivity index (χ2v) is 13.2. The van der Waals surface area contributed by atoms with E-state index in [9.17, 15) is 19.2 Å². The van der Waals surface area contributed by atoms with Crippen molar-refractivity contribution in [2.45, 2.75) is 111 Å². The summed E-state index contributed by atoms with van der Waals surface area (Å²) < 4.78 is 10.2. The van der Waals surface area contributed by atoms with E-state index < -0.39 is 11.6 Å². The van der Waals surface area contributed by atoms with Crippen molar-refractivity contribution in [3.8, 4) is 0 Å². The molecule has 1 aromatic carbocycles. The van der Waals surface area contributed by atoms with Gasteiger partial charge in [-0.25, -0.2) is 0 Å². The Hall–Kier alpha value is -3.57. The fraction of sp³-hybridized carbons (Fsp3) is 0.639. The summed E-state index contributed by atoms with van der Waals surface area (Å²) in [7, 11) is 0. The maximum atomic E-state index is 12.0. The predicted octanol–water partition coefficient (Wildman–Crippen LogP) is 4.83. The van der Waals surface area contributed by atoms with Crippen LogP contribution >= 0.6 is 0 Å². The number of ether oxygens (including phenoxy) is 1. The Morgan fingerprint density at radius 2 is 1.70 bits per heavy atom. The van der Waals surface area contributed by atoms with Gasteiger partial charge in [0.1, 0.15) is 5.60 Å². The fourth-order valence-corrected chi connectivity index (χ4v) is 4.35. The number of Topliss-reactive ketones (excluding diaryl/α,β-unsaturated/α-hetero) is 1. The maximum absolute atomic E-state index is 12.0. The third-order valence-electron chi connectivity index (χ3n) is 8.14. The zero-order chi connectivity index (χ0) is 34.8. The van der Waals surface area contributed by atoms with Gasteiger partial charge in [0.2, 0.25) is 12.3 Å². The largest absolute Gasteiger partial charge is 0.361 e. The summed E-state index contributed by atoms with van der Waals surface area (Å²) in [4.78, 5) is 47.4. The lowest BCUT2D eigenvalue weighted by Gasteiger charge is -2.29. The van der Waals surface area contributed by atoms with Crippen molar-refractivity contribution in [2.24, 2.45) is 11.8 Å². The molecule has 0 spiro atoms. The maximum Gasteiger partial charge on any atom is 0.273 e. The normalized spacial score (nSPS) is 19.1. The standard InChI is InChI=1S/C14H21N3O2.C10H16N2O4.C7H8.C5H12/c1-10(7-11-3-4-11)15-14(18)13-8-12(19-16-13)9-17-5-2-6-17;1-3-7(9(15)10(2)5-16-10)12-8(14)4-11-6-13;1-7-5-3-2-4-6-7;1-4-5(2)3/h8,10-11H,2-7,9H2,1H3,(H,15,18);6-7H,3-5H2,1-2H3,(H,11,13)(H,12,14);2-6H,1H3;5H,4H2,1-3H3/t;7-,10?;;/m.0../s1. The number of carbonyl (C=O) groups is 4. The molecule has 3 amide bonds. The van der Waals surface area contributed by atoms with Crippen molar-refractivity contribution in [1.29, 1.82) is 0 Å². The molecule has 3 N–H and O–H groups in total. The van der Waals surface area contributed by atoms with Crippen LogP contribution in [-0.2, 0) is 25.7 Å². The minimum atomic E-state index is -0.730. The number of ketones is 1. The topological polar surface area (TPSA) is 146 Å². The van der Waals surface area contributed by atoms with Gasteiger partial charge in [0, 0.05) is 12.1 Å². The first-order valence-corrected chi connectivity index (χ1v) is 17.1. The molecule has 262 valence electrons. The van der Waals surface area contributed by atoms with Crippen molar-refractivity contribution in [1.82, 2.24) is 26.0 Å². The summed E-state index contributed by atoms with van der Waals surface area (Å²) in [5.41, 5.74) is 0.993. The van der Waals surface area contributed by atoms with E-state index in [1.54, 1.807) is 13.0 Å². The number of aryl methyl sites for hydroxylation is 1. The van der Waals surface area contributed by atoms with Crippen LogP contribution in [-0.4, -0.2) is 78.0 Å². The minimum Gasteiger partial charge on any atom is -0.361 e. The molecule has 3 aliphatic rings. The number of nitrogens with one attached hydrogen (secondary N) is 3. The van der Waals surface area contributed by atoms with E-state index in [1.165, 1.54) is 31.2 Å². The number of likely N-dealkylation sites (tertiary alicyclic amines) is 1. The number of hydrogen-bond donors (Lipinski definition) is 3. The van der Waals surface area contributed by atoms with Gasteiger partial charge in [0.05, 0.1) is 25.7 Å². The van der Waals surface area contributed by atoms with E-state index in [2.05, 4.69) is 72.8 Å². The second-order valence-electron chi connectivity index (χ2n) is 13.2. The number of amides is 3. The first kappa shape index (κ1) is 39.6. The molecule has 0 radical (unpaired) electrons. The zero-order valence-corrected chi connectivity index (χ0v) is 29.5. The van der Waals surface area contributed by atoms with Crippen LogP contribution in [0.5, 0.6) is 0 Å². The molecule has 1 saturated carbocycles. The molecular formula is C36H57N5O6. The zero-order valence-electron chi connectivity index (χ0n) is 29.5. The van der Waals surface area contributed by atoms with Crippen LogP contribution in [0.25, 0.3) is 0 Å². The molecule has 1 aromatic heterocycles. The first-order chi connectivity index (χ1) is 22.4. The summed E-state index contributed by atoms with van der Waals surface area (Å²) in [5, 5.41) is 11.6. The number of aromatic nitrogens is 1. The minimum absolute atomic E-state index is 0.116. The third-order valence-corrected chi connectivity index (χ3v) is 8.14. The number of rotatable bonds is 14. The Balaban J connectivity index is 0.000000246. The fourth-order valence-electron chi connectivity index (χ4n) is 4.35. The monoisotopic (exact) mass is 655 g/mol. The van der Waals surface area contributed by atoms with Gasteiger partial charge in [0.25, 0.3) is 5.91 Å². The Bertz CT molecular complexity index is 1220. The Morgan fingerprint density at radius 3 is 2.15 bits per heavy atom. The molecule has 5 rings (SSSR count). The molecule has 11 nitrogen and oxygen atoms in total. The molecule has 1 aliphatic carbocycles. The lowest BCUT2D eigenvalue weighted by atomic mass is 9.99. The summed E-state index contributed by atoms with van der Waals surface area (Å²) >= 11 is 0. The van der Waals surface area contributed by atoms with Crippen molar-refractivity contribution in [3.63, 3.8) is 0 Å². The molecule has 3 heterocycles. The molecule has 47 heavy (non-hydrogen) atoms. The van der Waals surface area contributed by atoms with Crippen molar-refractivity contribution < 1.29 is 28.4 Å². The highest BCUT2D eigenvalue weighted by Crippen LogP contribution is 2.33. The molecule has 2 aromatic rings. The molecule has 0 bridgehead atoms. The van der Waals surface area contributed by atoms with E-state index in [0.29, 0.717) is 25.1 Å². The molecular weight excluding hydrogens is 598 g/mol. The summed E-state index contributed by atoms with van der Waals surface area (Å²) in [5.74, 6) is 1.86. The van der Waals surface area contributed by atoms with Crippen LogP contribution in [0, 0.1) is 18.8 Å². The molecule has 2 aliphatic heterocycles. The predicted molar refractivity (Wildman–Crippen MR) is 183 cm³/mol. The van der Waals surface area contributed by atoms with Gasteiger partial charge in [-0.1, -0.05) is 88.0 Å². The van der Waals surface area contributed by atoms with Gasteiger partial charge < -0.3 is 25.2 Å². The van der Waals surface area contributed by atoms with E-state index in [0.717, 1.165) is 43.7 Å². The lowest BCUT2D eigenvalue weighted by Crippen LogP contribution is -2.48. The smallest absolute Gasteiger partial charge is 0.273 e. The highest BCUT2D eigenvalue weighted by molar-refractivity contribution is 5.96. The van der Waals surface area contributed by atoms with Crippen LogP contribution in [0.4, 0.5) is 0 Å². The van der Waals surface area contributed by atoms with Gasteiger partial charge in [-0.15, -0.1) is 0 Å². The van der Waals surface area contributed by atoms with Crippen molar-refractivity contribution >= 4 is 24.0 Å². The van der Waals surface area contributed by atoms with Crippen LogP contribution < -0.4 is 16.0 Å². The molecule has 2 saturated heterocycles. The number of carbonyl (C=O) groups excluding carboxylic acids is 4. The average Bonchev–Trinajstić information content (AvgIpc) is 3.95. The summed E-state index contributed by atoms with van der Waals surface area (Å²) in [6.45, 7) is 17.6. The Morgan fingerprint density at radius 1 is 1.06 bits per heavy atom. The third kappa shape index (κ3) is 16.2. The van der Waals surface area contributed by atoms with Crippen LogP contribution in [0.2, 0.25) is 0 Å². The first-order valence-electron chi connectivity index (χ1n) is 17.1. The van der Waals surface area contributed by atoms with E-state index in [-0.39, 0.29) is 30.2 Å². The SMILES string of the molecule is CC(CC1CC1)NC(=O)c1cc(CN2CCC2)on1.CCC(C)C.CC[C@H](NC(=O)CNC=O)C(=O)C1(C)CO1.Cc1ccccc1. The van der Waals surface area contributed by atoms with Gasteiger partial charge in [-0.3, -0.25) is 24.1 Å². The number of epoxide rings is 1. The highest BCUT2D eigenvalue weighted by Gasteiger charge is 2.49. The van der Waals surface area contributed by atoms with Gasteiger partial charge in [-0.2, -0.15) is 0 Å². The van der Waals surface area contributed by atoms with Gasteiger partial charge in [0.15, 0.2) is 17.2 Å². The Kier molecular flexibility index (Phi) is 17.4. The average molecular weight is 656 g/mol. The van der Waals surface area contributed by atoms with Crippen molar-refractivity contribution in [3.05, 3.63) is 53.4 Å². The van der Waals surface area contributed by atoms with Crippen LogP contribution in [0.3, 0.4) is 0 Å². The van der Waals surface area contributed by atoms with E-state index >= 15 is 0 Å². The van der Waals surface area contributed by atoms with Gasteiger partial charge in [-0.05, 0) is 65.0 Å². The Labute approximate surface area is 280 Å². The number of benzene rings is 1. The van der Waals surface area contributed by atoms with Crippen molar-refractivity contribution in [2.75, 3.05) is 26.2 Å². The molecule has 11 heteroatoms. The quantitative estimate of drug-likeness (QED) is 0.194. The highest BCUT2D eigenvalue weighted by atomic mass is 16.6. The number of nitrogens with zero attached hydrogens (tertiary/aromatic N) is 2. The van der Waals surface area contributed by atoms with Gasteiger partial charge >= 0.3 is 0 Å². The molecule has 3 fully saturated rings. The van der Waals surface area contributed by atoms with E-state index in [4.69, 9.17) is 9.26 Å². The number of hydrogen-bond acceptors (Lipinski definition) is 8. The summed E-state index contributed by atoms with van der Waals surface area (Å²) in [6.07, 6.45) is 7.19. The summed E-state index contributed by atoms with van der Waals surface area (Å²) in [6, 6.07) is 11.7. The lowest BCUT2D eigenvalue weighted by molar-refractivity contribution is -0.130.